The lowest BCUT2D eigenvalue weighted by Gasteiger charge is -2.22. The molecule has 1 aliphatic carbocycles. The summed E-state index contributed by atoms with van der Waals surface area (Å²) in [5.74, 6) is 0. The molecule has 0 aromatic heterocycles. The Morgan fingerprint density at radius 3 is 2.12 bits per heavy atom. The van der Waals surface area contributed by atoms with E-state index >= 15 is 0 Å². The Morgan fingerprint density at radius 2 is 1.60 bits per heavy atom. The molecule has 0 atom stereocenters. The third kappa shape index (κ3) is 4.11. The van der Waals surface area contributed by atoms with Crippen molar-refractivity contribution in [2.24, 2.45) is 0 Å². The highest BCUT2D eigenvalue weighted by Gasteiger charge is 2.35. The SMILES string of the molecule is O=C(NCC1(O)Cc2ccccc2C1)Nc1ccc(C(F)(F)F)cc1. The largest absolute Gasteiger partial charge is 0.416 e. The zero-order valence-corrected chi connectivity index (χ0v) is 13.2. The maximum absolute atomic E-state index is 12.5. The van der Waals surface area contributed by atoms with Crippen molar-refractivity contribution in [3.63, 3.8) is 0 Å². The molecule has 0 saturated heterocycles. The molecule has 2 aromatic carbocycles. The predicted molar refractivity (Wildman–Crippen MR) is 87.3 cm³/mol. The molecule has 0 radical (unpaired) electrons. The fraction of sp³-hybridized carbons (Fsp3) is 0.278. The minimum Gasteiger partial charge on any atom is -0.387 e. The first-order valence-electron chi connectivity index (χ1n) is 7.76. The van der Waals surface area contributed by atoms with E-state index in [0.29, 0.717) is 12.8 Å². The molecule has 3 rings (SSSR count). The van der Waals surface area contributed by atoms with Crippen LogP contribution in [0.5, 0.6) is 0 Å². The summed E-state index contributed by atoms with van der Waals surface area (Å²) < 4.78 is 37.5. The molecule has 1 aliphatic rings. The van der Waals surface area contributed by atoms with Gasteiger partial charge in [-0.1, -0.05) is 24.3 Å². The minimum atomic E-state index is -4.42. The van der Waals surface area contributed by atoms with Crippen LogP contribution < -0.4 is 10.6 Å². The van der Waals surface area contributed by atoms with E-state index in [0.717, 1.165) is 23.3 Å². The Hall–Kier alpha value is -2.54. The van der Waals surface area contributed by atoms with E-state index in [1.165, 1.54) is 12.1 Å². The highest BCUT2D eigenvalue weighted by molar-refractivity contribution is 5.89. The molecule has 7 heteroatoms. The van der Waals surface area contributed by atoms with Gasteiger partial charge in [0.25, 0.3) is 0 Å². The Labute approximate surface area is 142 Å². The summed E-state index contributed by atoms with van der Waals surface area (Å²) in [5.41, 5.74) is 0.509. The molecule has 3 N–H and O–H groups in total. The zero-order valence-electron chi connectivity index (χ0n) is 13.2. The number of urea groups is 1. The molecule has 2 amide bonds. The molecule has 0 unspecified atom stereocenters. The van der Waals surface area contributed by atoms with Crippen molar-refractivity contribution in [3.8, 4) is 0 Å². The molecular weight excluding hydrogens is 333 g/mol. The lowest BCUT2D eigenvalue weighted by Crippen LogP contribution is -2.45. The maximum Gasteiger partial charge on any atom is 0.416 e. The topological polar surface area (TPSA) is 61.4 Å². The molecule has 0 fully saturated rings. The van der Waals surface area contributed by atoms with Crippen LogP contribution in [0.15, 0.2) is 48.5 Å². The maximum atomic E-state index is 12.5. The Bertz CT molecular complexity index is 748. The number of benzene rings is 2. The Kier molecular flexibility index (Phi) is 4.43. The van der Waals surface area contributed by atoms with E-state index in [2.05, 4.69) is 10.6 Å². The number of alkyl halides is 3. The van der Waals surface area contributed by atoms with Gasteiger partial charge in [0.15, 0.2) is 0 Å². The smallest absolute Gasteiger partial charge is 0.387 e. The van der Waals surface area contributed by atoms with Crippen LogP contribution in [0.1, 0.15) is 16.7 Å². The normalized spacial score (nSPS) is 15.5. The van der Waals surface area contributed by atoms with Gasteiger partial charge in [0.05, 0.1) is 11.2 Å². The number of fused-ring (bicyclic) bond motifs is 1. The molecule has 132 valence electrons. The molecule has 0 aliphatic heterocycles. The second-order valence-corrected chi connectivity index (χ2v) is 6.23. The van der Waals surface area contributed by atoms with Gasteiger partial charge in [0.2, 0.25) is 0 Å². The summed E-state index contributed by atoms with van der Waals surface area (Å²) in [6, 6.07) is 11.3. The van der Waals surface area contributed by atoms with Crippen LogP contribution in [0, 0.1) is 0 Å². The van der Waals surface area contributed by atoms with Gasteiger partial charge in [0.1, 0.15) is 0 Å². The number of hydrogen-bond donors (Lipinski definition) is 3. The molecular formula is C18H17F3N2O2. The molecule has 0 heterocycles. The zero-order chi connectivity index (χ0) is 18.1. The summed E-state index contributed by atoms with van der Waals surface area (Å²) in [7, 11) is 0. The summed E-state index contributed by atoms with van der Waals surface area (Å²) in [6.45, 7) is 0.0498. The van der Waals surface area contributed by atoms with Crippen molar-refractivity contribution in [1.29, 1.82) is 0 Å². The molecule has 25 heavy (non-hydrogen) atoms. The van der Waals surface area contributed by atoms with E-state index in [-0.39, 0.29) is 12.2 Å². The molecule has 4 nitrogen and oxygen atoms in total. The van der Waals surface area contributed by atoms with E-state index < -0.39 is 23.4 Å². The van der Waals surface area contributed by atoms with Crippen LogP contribution in [0.4, 0.5) is 23.7 Å². The van der Waals surface area contributed by atoms with Gasteiger partial charge < -0.3 is 15.7 Å². The van der Waals surface area contributed by atoms with Gasteiger partial charge in [-0.2, -0.15) is 13.2 Å². The van der Waals surface area contributed by atoms with Crippen LogP contribution in [0.3, 0.4) is 0 Å². The van der Waals surface area contributed by atoms with E-state index in [9.17, 15) is 23.1 Å². The second-order valence-electron chi connectivity index (χ2n) is 6.23. The van der Waals surface area contributed by atoms with Crippen molar-refractivity contribution < 1.29 is 23.1 Å². The Morgan fingerprint density at radius 1 is 1.04 bits per heavy atom. The van der Waals surface area contributed by atoms with Gasteiger partial charge in [-0.25, -0.2) is 4.79 Å². The monoisotopic (exact) mass is 350 g/mol. The number of aliphatic hydroxyl groups is 1. The highest BCUT2D eigenvalue weighted by Crippen LogP contribution is 2.30. The lowest BCUT2D eigenvalue weighted by molar-refractivity contribution is -0.137. The number of anilines is 1. The first-order valence-corrected chi connectivity index (χ1v) is 7.76. The number of hydrogen-bond acceptors (Lipinski definition) is 2. The van der Waals surface area contributed by atoms with Crippen LogP contribution in [0.2, 0.25) is 0 Å². The van der Waals surface area contributed by atoms with Gasteiger partial charge >= 0.3 is 12.2 Å². The van der Waals surface area contributed by atoms with Gasteiger partial charge in [-0.3, -0.25) is 0 Å². The number of amides is 2. The first kappa shape index (κ1) is 17.3. The Balaban J connectivity index is 1.54. The van der Waals surface area contributed by atoms with Crippen LogP contribution in [-0.4, -0.2) is 23.3 Å². The van der Waals surface area contributed by atoms with Crippen LogP contribution >= 0.6 is 0 Å². The van der Waals surface area contributed by atoms with Crippen molar-refractivity contribution in [2.75, 3.05) is 11.9 Å². The summed E-state index contributed by atoms with van der Waals surface area (Å²) in [5, 5.41) is 15.6. The number of halogens is 3. The van der Waals surface area contributed by atoms with E-state index in [1.54, 1.807) is 0 Å². The molecule has 0 bridgehead atoms. The molecule has 2 aromatic rings. The van der Waals surface area contributed by atoms with Crippen molar-refractivity contribution in [3.05, 3.63) is 65.2 Å². The first-order chi connectivity index (χ1) is 11.8. The standard InChI is InChI=1S/C18H17F3N2O2/c19-18(20,21)14-5-7-15(8-6-14)23-16(24)22-11-17(25)9-12-3-1-2-4-13(12)10-17/h1-8,25H,9-11H2,(H2,22,23,24). The number of rotatable bonds is 3. The van der Waals surface area contributed by atoms with Crippen molar-refractivity contribution >= 4 is 11.7 Å². The molecule has 0 saturated carbocycles. The average Bonchev–Trinajstić information content (AvgIpc) is 2.89. The summed E-state index contributed by atoms with van der Waals surface area (Å²) in [6.07, 6.45) is -3.52. The van der Waals surface area contributed by atoms with Crippen LogP contribution in [0.25, 0.3) is 0 Å². The minimum absolute atomic E-state index is 0.0498. The van der Waals surface area contributed by atoms with Crippen molar-refractivity contribution in [1.82, 2.24) is 5.32 Å². The van der Waals surface area contributed by atoms with Crippen LogP contribution in [-0.2, 0) is 19.0 Å². The van der Waals surface area contributed by atoms with Gasteiger partial charge in [-0.15, -0.1) is 0 Å². The third-order valence-electron chi connectivity index (χ3n) is 4.21. The van der Waals surface area contributed by atoms with Gasteiger partial charge in [-0.05, 0) is 35.4 Å². The fourth-order valence-electron chi connectivity index (χ4n) is 2.96. The predicted octanol–water partition coefficient (Wildman–Crippen LogP) is 3.36. The second kappa shape index (κ2) is 6.40. The van der Waals surface area contributed by atoms with E-state index in [4.69, 9.17) is 0 Å². The fourth-order valence-corrected chi connectivity index (χ4v) is 2.96. The number of nitrogens with one attached hydrogen (secondary N) is 2. The van der Waals surface area contributed by atoms with Crippen molar-refractivity contribution in [2.45, 2.75) is 24.6 Å². The average molecular weight is 350 g/mol. The third-order valence-corrected chi connectivity index (χ3v) is 4.21. The number of carbonyl (C=O) groups excluding carboxylic acids is 1. The summed E-state index contributed by atoms with van der Waals surface area (Å²) in [4.78, 5) is 11.9. The number of carbonyl (C=O) groups is 1. The quantitative estimate of drug-likeness (QED) is 0.795. The highest BCUT2D eigenvalue weighted by atomic mass is 19.4. The van der Waals surface area contributed by atoms with Gasteiger partial charge in [0, 0.05) is 25.1 Å². The molecule has 0 spiro atoms. The summed E-state index contributed by atoms with van der Waals surface area (Å²) >= 11 is 0. The lowest BCUT2D eigenvalue weighted by atomic mass is 10.0. The van der Waals surface area contributed by atoms with E-state index in [1.807, 2.05) is 24.3 Å².